The minimum absolute atomic E-state index is 0.0349. The van der Waals surface area contributed by atoms with Crippen molar-refractivity contribution in [1.29, 1.82) is 0 Å². The Bertz CT molecular complexity index is 417. The van der Waals surface area contributed by atoms with Crippen molar-refractivity contribution < 1.29 is 4.79 Å². The van der Waals surface area contributed by atoms with Crippen molar-refractivity contribution in [3.8, 4) is 0 Å². The van der Waals surface area contributed by atoms with E-state index in [0.717, 1.165) is 25.8 Å². The molecule has 1 aliphatic rings. The number of aromatic nitrogens is 2. The second kappa shape index (κ2) is 5.80. The zero-order chi connectivity index (χ0) is 13.0. The minimum Gasteiger partial charge on any atom is -0.369 e. The van der Waals surface area contributed by atoms with Crippen LogP contribution in [0.2, 0.25) is 0 Å². The van der Waals surface area contributed by atoms with E-state index in [-0.39, 0.29) is 5.91 Å². The summed E-state index contributed by atoms with van der Waals surface area (Å²) in [5.41, 5.74) is 0.422. The molecule has 1 N–H and O–H groups in total. The quantitative estimate of drug-likeness (QED) is 0.865. The summed E-state index contributed by atoms with van der Waals surface area (Å²) >= 11 is 0. The maximum absolute atomic E-state index is 12.2. The van der Waals surface area contributed by atoms with Crippen LogP contribution in [0, 0.1) is 0 Å². The highest BCUT2D eigenvalue weighted by molar-refractivity contribution is 5.92. The second-order valence-electron chi connectivity index (χ2n) is 4.72. The van der Waals surface area contributed by atoms with Crippen LogP contribution >= 0.6 is 0 Å². The molecule has 1 aliphatic carbocycles. The highest BCUT2D eigenvalue weighted by atomic mass is 16.2. The van der Waals surface area contributed by atoms with Crippen molar-refractivity contribution in [3.05, 3.63) is 18.1 Å². The second-order valence-corrected chi connectivity index (χ2v) is 4.72. The summed E-state index contributed by atoms with van der Waals surface area (Å²) < 4.78 is 0. The molecule has 1 fully saturated rings. The molecule has 1 amide bonds. The fourth-order valence-corrected chi connectivity index (χ4v) is 1.93. The van der Waals surface area contributed by atoms with Gasteiger partial charge in [0.05, 0.1) is 12.4 Å². The molecule has 18 heavy (non-hydrogen) atoms. The van der Waals surface area contributed by atoms with Gasteiger partial charge in [0.15, 0.2) is 0 Å². The first-order valence-electron chi connectivity index (χ1n) is 6.55. The molecule has 0 spiro atoms. The van der Waals surface area contributed by atoms with Crippen molar-refractivity contribution >= 4 is 11.7 Å². The summed E-state index contributed by atoms with van der Waals surface area (Å²) in [7, 11) is 1.85. The van der Waals surface area contributed by atoms with Crippen molar-refractivity contribution in [3.63, 3.8) is 0 Å². The summed E-state index contributed by atoms with van der Waals surface area (Å²) in [6, 6.07) is 0.381. The molecule has 1 aromatic rings. The third-order valence-electron chi connectivity index (χ3n) is 3.35. The number of hydrogen-bond acceptors (Lipinski definition) is 4. The van der Waals surface area contributed by atoms with E-state index >= 15 is 0 Å². The van der Waals surface area contributed by atoms with Gasteiger partial charge in [0.1, 0.15) is 11.5 Å². The summed E-state index contributed by atoms with van der Waals surface area (Å²) in [4.78, 5) is 22.4. The molecule has 0 bridgehead atoms. The van der Waals surface area contributed by atoms with Crippen LogP contribution in [0.3, 0.4) is 0 Å². The van der Waals surface area contributed by atoms with Crippen molar-refractivity contribution in [2.75, 3.05) is 18.9 Å². The summed E-state index contributed by atoms with van der Waals surface area (Å²) in [5.74, 6) is 0.636. The number of carbonyl (C=O) groups is 1. The molecule has 0 atom stereocenters. The van der Waals surface area contributed by atoms with Crippen LogP contribution in [-0.4, -0.2) is 40.4 Å². The lowest BCUT2D eigenvalue weighted by Crippen LogP contribution is -2.41. The van der Waals surface area contributed by atoms with Gasteiger partial charge in [0.2, 0.25) is 0 Å². The topological polar surface area (TPSA) is 58.1 Å². The Morgan fingerprint density at radius 2 is 2.28 bits per heavy atom. The molecular formula is C13H20N4O. The maximum atomic E-state index is 12.2. The van der Waals surface area contributed by atoms with Crippen LogP contribution in [0.15, 0.2) is 12.4 Å². The standard InChI is InChI=1S/C13H20N4O/c1-3-7-15-12-9-14-8-11(16-12)13(18)17(2)10-5-4-6-10/h8-10H,3-7H2,1-2H3,(H,15,16). The molecule has 1 aromatic heterocycles. The van der Waals surface area contributed by atoms with E-state index in [1.54, 1.807) is 11.1 Å². The number of nitrogens with zero attached hydrogens (tertiary/aromatic N) is 3. The average molecular weight is 248 g/mol. The molecule has 0 unspecified atom stereocenters. The Kier molecular flexibility index (Phi) is 4.12. The summed E-state index contributed by atoms with van der Waals surface area (Å²) in [5, 5.41) is 3.14. The summed E-state index contributed by atoms with van der Waals surface area (Å²) in [6.07, 6.45) is 7.62. The number of rotatable bonds is 5. The number of amides is 1. The number of hydrogen-bond donors (Lipinski definition) is 1. The van der Waals surface area contributed by atoms with Crippen molar-refractivity contribution in [2.24, 2.45) is 0 Å². The van der Waals surface area contributed by atoms with Crippen molar-refractivity contribution in [1.82, 2.24) is 14.9 Å². The van der Waals surface area contributed by atoms with E-state index in [4.69, 9.17) is 0 Å². The predicted octanol–water partition coefficient (Wildman–Crippen LogP) is 1.92. The monoisotopic (exact) mass is 248 g/mol. The molecule has 5 nitrogen and oxygen atoms in total. The van der Waals surface area contributed by atoms with Gasteiger partial charge >= 0.3 is 0 Å². The van der Waals surface area contributed by atoms with Gasteiger partial charge in [0.25, 0.3) is 5.91 Å². The fraction of sp³-hybridized carbons (Fsp3) is 0.615. The highest BCUT2D eigenvalue weighted by Crippen LogP contribution is 2.24. The first-order valence-corrected chi connectivity index (χ1v) is 6.55. The molecule has 5 heteroatoms. The molecule has 2 rings (SSSR count). The van der Waals surface area contributed by atoms with Gasteiger partial charge < -0.3 is 10.2 Å². The Hall–Kier alpha value is -1.65. The van der Waals surface area contributed by atoms with Gasteiger partial charge in [-0.3, -0.25) is 9.78 Å². The van der Waals surface area contributed by atoms with E-state index in [0.29, 0.717) is 17.6 Å². The molecule has 0 saturated heterocycles. The van der Waals surface area contributed by atoms with Crippen LogP contribution in [0.1, 0.15) is 43.1 Å². The van der Waals surface area contributed by atoms with Gasteiger partial charge in [-0.05, 0) is 25.7 Å². The largest absolute Gasteiger partial charge is 0.369 e. The number of anilines is 1. The van der Waals surface area contributed by atoms with Crippen LogP contribution < -0.4 is 5.32 Å². The first kappa shape index (κ1) is 12.8. The Labute approximate surface area is 108 Å². The van der Waals surface area contributed by atoms with Crippen LogP contribution in [0.5, 0.6) is 0 Å². The Morgan fingerprint density at radius 3 is 2.89 bits per heavy atom. The Balaban J connectivity index is 2.04. The predicted molar refractivity (Wildman–Crippen MR) is 70.5 cm³/mol. The molecule has 1 heterocycles. The van der Waals surface area contributed by atoms with Crippen LogP contribution in [0.25, 0.3) is 0 Å². The molecular weight excluding hydrogens is 228 g/mol. The first-order chi connectivity index (χ1) is 8.72. The summed E-state index contributed by atoms with van der Waals surface area (Å²) in [6.45, 7) is 2.92. The van der Waals surface area contributed by atoms with Gasteiger partial charge in [-0.15, -0.1) is 0 Å². The molecule has 0 aromatic carbocycles. The Morgan fingerprint density at radius 1 is 1.50 bits per heavy atom. The van der Waals surface area contributed by atoms with Crippen molar-refractivity contribution in [2.45, 2.75) is 38.6 Å². The molecule has 0 radical (unpaired) electrons. The van der Waals surface area contributed by atoms with Crippen LogP contribution in [0.4, 0.5) is 5.82 Å². The zero-order valence-corrected chi connectivity index (χ0v) is 11.0. The molecule has 1 saturated carbocycles. The van der Waals surface area contributed by atoms with Gasteiger partial charge in [-0.2, -0.15) is 0 Å². The maximum Gasteiger partial charge on any atom is 0.274 e. The minimum atomic E-state index is -0.0349. The third-order valence-corrected chi connectivity index (χ3v) is 3.35. The van der Waals surface area contributed by atoms with E-state index in [2.05, 4.69) is 22.2 Å². The zero-order valence-electron chi connectivity index (χ0n) is 11.0. The normalized spacial score (nSPS) is 15.0. The van der Waals surface area contributed by atoms with E-state index < -0.39 is 0 Å². The lowest BCUT2D eigenvalue weighted by Gasteiger charge is -2.34. The lowest BCUT2D eigenvalue weighted by atomic mass is 9.92. The highest BCUT2D eigenvalue weighted by Gasteiger charge is 2.27. The van der Waals surface area contributed by atoms with Gasteiger partial charge in [-0.25, -0.2) is 4.98 Å². The van der Waals surface area contributed by atoms with E-state index in [1.165, 1.54) is 12.6 Å². The van der Waals surface area contributed by atoms with Gasteiger partial charge in [0, 0.05) is 19.6 Å². The molecule has 98 valence electrons. The average Bonchev–Trinajstić information content (AvgIpc) is 2.33. The number of nitrogens with one attached hydrogen (secondary N) is 1. The SMILES string of the molecule is CCCNc1cncc(C(=O)N(C)C2CCC2)n1. The van der Waals surface area contributed by atoms with Gasteiger partial charge in [-0.1, -0.05) is 6.92 Å². The lowest BCUT2D eigenvalue weighted by molar-refractivity contribution is 0.0645. The molecule has 0 aliphatic heterocycles. The van der Waals surface area contributed by atoms with E-state index in [1.807, 2.05) is 7.05 Å². The fourth-order valence-electron chi connectivity index (χ4n) is 1.93. The number of carbonyl (C=O) groups excluding carboxylic acids is 1. The third kappa shape index (κ3) is 2.78. The van der Waals surface area contributed by atoms with Crippen LogP contribution in [-0.2, 0) is 0 Å². The smallest absolute Gasteiger partial charge is 0.274 e. The van der Waals surface area contributed by atoms with E-state index in [9.17, 15) is 4.79 Å².